The summed E-state index contributed by atoms with van der Waals surface area (Å²) in [6.07, 6.45) is 2.49. The van der Waals surface area contributed by atoms with Gasteiger partial charge < -0.3 is 9.64 Å². The third-order valence-electron chi connectivity index (χ3n) is 8.10. The lowest BCUT2D eigenvalue weighted by Gasteiger charge is -2.38. The minimum Gasteiger partial charge on any atom is -0.492 e. The van der Waals surface area contributed by atoms with E-state index in [0.29, 0.717) is 30.7 Å². The minimum atomic E-state index is -0.627. The number of amides is 3. The fourth-order valence-electron chi connectivity index (χ4n) is 6.11. The van der Waals surface area contributed by atoms with Crippen LogP contribution in [0.3, 0.4) is 0 Å². The number of ether oxygens (including phenoxy) is 1. The van der Waals surface area contributed by atoms with Gasteiger partial charge in [-0.05, 0) is 49.5 Å². The molecule has 1 atom stereocenters. The van der Waals surface area contributed by atoms with Gasteiger partial charge in [-0.1, -0.05) is 30.3 Å². The zero-order valence-electron chi connectivity index (χ0n) is 19.5. The third kappa shape index (κ3) is 3.71. The normalized spacial score (nSPS) is 23.3. The molecule has 0 aliphatic carbocycles. The van der Waals surface area contributed by atoms with E-state index < -0.39 is 18.6 Å². The average molecular weight is 478 g/mol. The van der Waals surface area contributed by atoms with Gasteiger partial charge in [0.2, 0.25) is 11.8 Å². The molecule has 0 saturated carbocycles. The predicted molar refractivity (Wildman–Crippen MR) is 125 cm³/mol. The highest BCUT2D eigenvalue weighted by atomic mass is 19.1. The quantitative estimate of drug-likeness (QED) is 0.686. The molecule has 182 valence electrons. The van der Waals surface area contributed by atoms with Crippen LogP contribution in [0.5, 0.6) is 5.75 Å². The molecule has 0 aromatic heterocycles. The van der Waals surface area contributed by atoms with E-state index >= 15 is 0 Å². The monoisotopic (exact) mass is 477 g/mol. The topological polar surface area (TPSA) is 79.0 Å². The van der Waals surface area contributed by atoms with Crippen molar-refractivity contribution < 1.29 is 23.5 Å². The maximum Gasteiger partial charge on any atom is 0.255 e. The highest BCUT2D eigenvalue weighted by Crippen LogP contribution is 2.49. The SMILES string of the molecule is O=C1CCC(N2Cc3c(ccc4c3OCC43CCN(Cc4cccc(CF)c4)CC3)C2=O)C(=O)N1. The molecule has 6 rings (SSSR count). The Bertz CT molecular complexity index is 1220. The van der Waals surface area contributed by atoms with Crippen LogP contribution in [0.25, 0.3) is 0 Å². The third-order valence-corrected chi connectivity index (χ3v) is 8.10. The van der Waals surface area contributed by atoms with Crippen molar-refractivity contribution in [3.05, 3.63) is 64.2 Å². The highest BCUT2D eigenvalue weighted by Gasteiger charge is 2.47. The van der Waals surface area contributed by atoms with E-state index in [4.69, 9.17) is 4.74 Å². The summed E-state index contributed by atoms with van der Waals surface area (Å²) in [5.74, 6) is -0.0641. The van der Waals surface area contributed by atoms with Gasteiger partial charge in [-0.3, -0.25) is 24.6 Å². The Morgan fingerprint density at radius 1 is 1.09 bits per heavy atom. The van der Waals surface area contributed by atoms with Gasteiger partial charge in [0.05, 0.1) is 13.2 Å². The van der Waals surface area contributed by atoms with Crippen LogP contribution in [0.15, 0.2) is 36.4 Å². The molecular weight excluding hydrogens is 449 g/mol. The Kier molecular flexibility index (Phi) is 5.36. The number of imide groups is 1. The zero-order valence-corrected chi connectivity index (χ0v) is 19.5. The maximum atomic E-state index is 13.1. The molecule has 7 nitrogen and oxygen atoms in total. The first-order valence-corrected chi connectivity index (χ1v) is 12.3. The van der Waals surface area contributed by atoms with Crippen molar-refractivity contribution in [1.82, 2.24) is 15.1 Å². The lowest BCUT2D eigenvalue weighted by Crippen LogP contribution is -2.52. The highest BCUT2D eigenvalue weighted by molar-refractivity contribution is 6.05. The number of rotatable bonds is 4. The van der Waals surface area contributed by atoms with Gasteiger partial charge in [0.25, 0.3) is 5.91 Å². The second-order valence-electron chi connectivity index (χ2n) is 10.2. The molecule has 1 N–H and O–H groups in total. The van der Waals surface area contributed by atoms with Gasteiger partial charge in [-0.25, -0.2) is 4.39 Å². The number of likely N-dealkylation sites (tertiary alicyclic amines) is 1. The molecule has 0 radical (unpaired) electrons. The summed E-state index contributed by atoms with van der Waals surface area (Å²) >= 11 is 0. The molecule has 0 bridgehead atoms. The van der Waals surface area contributed by atoms with Crippen LogP contribution in [0.2, 0.25) is 0 Å². The summed E-state index contributed by atoms with van der Waals surface area (Å²) in [6, 6.07) is 11.0. The van der Waals surface area contributed by atoms with Crippen LogP contribution >= 0.6 is 0 Å². The zero-order chi connectivity index (χ0) is 24.2. The number of nitrogens with zero attached hydrogens (tertiary/aromatic N) is 2. The molecule has 2 saturated heterocycles. The molecule has 3 amide bonds. The Labute approximate surface area is 203 Å². The van der Waals surface area contributed by atoms with Crippen molar-refractivity contribution >= 4 is 17.7 Å². The number of nitrogens with one attached hydrogen (secondary N) is 1. The fourth-order valence-corrected chi connectivity index (χ4v) is 6.11. The number of carbonyl (C=O) groups excluding carboxylic acids is 3. The number of benzene rings is 2. The minimum absolute atomic E-state index is 0.0766. The standard InChI is InChI=1S/C27H28FN3O4/c28-13-17-2-1-3-18(12-17)14-30-10-8-27(9-11-30)16-35-24-20-15-31(22-6-7-23(32)29-25(22)33)26(34)19(20)4-5-21(24)27/h1-5,12,22H,6-11,13-16H2,(H,29,32,33). The molecule has 4 aliphatic heterocycles. The molecule has 1 spiro atoms. The summed E-state index contributed by atoms with van der Waals surface area (Å²) in [5.41, 5.74) is 4.38. The largest absolute Gasteiger partial charge is 0.492 e. The van der Waals surface area contributed by atoms with Gasteiger partial charge in [-0.15, -0.1) is 0 Å². The van der Waals surface area contributed by atoms with Crippen LogP contribution in [-0.4, -0.2) is 53.3 Å². The van der Waals surface area contributed by atoms with Crippen molar-refractivity contribution in [2.24, 2.45) is 0 Å². The van der Waals surface area contributed by atoms with Crippen LogP contribution in [0.4, 0.5) is 4.39 Å². The summed E-state index contributed by atoms with van der Waals surface area (Å²) in [6.45, 7) is 3.12. The lowest BCUT2D eigenvalue weighted by atomic mass is 9.74. The Morgan fingerprint density at radius 3 is 2.66 bits per heavy atom. The van der Waals surface area contributed by atoms with Crippen molar-refractivity contribution in [3.63, 3.8) is 0 Å². The number of halogens is 1. The fraction of sp³-hybridized carbons (Fsp3) is 0.444. The Hall–Kier alpha value is -3.26. The lowest BCUT2D eigenvalue weighted by molar-refractivity contribution is -0.136. The van der Waals surface area contributed by atoms with Gasteiger partial charge in [0, 0.05) is 35.1 Å². The van der Waals surface area contributed by atoms with Gasteiger partial charge in [0.1, 0.15) is 18.5 Å². The first-order chi connectivity index (χ1) is 17.0. The van der Waals surface area contributed by atoms with Crippen LogP contribution in [0.1, 0.15) is 58.3 Å². The van der Waals surface area contributed by atoms with Crippen molar-refractivity contribution in [3.8, 4) is 5.75 Å². The predicted octanol–water partition coefficient (Wildman–Crippen LogP) is 2.84. The van der Waals surface area contributed by atoms with Crippen LogP contribution < -0.4 is 10.1 Å². The number of hydrogen-bond donors (Lipinski definition) is 1. The van der Waals surface area contributed by atoms with Crippen molar-refractivity contribution in [2.45, 2.75) is 56.9 Å². The van der Waals surface area contributed by atoms with Crippen LogP contribution in [0, 0.1) is 0 Å². The molecule has 1 unspecified atom stereocenters. The van der Waals surface area contributed by atoms with Gasteiger partial charge in [-0.2, -0.15) is 0 Å². The average Bonchev–Trinajstić information content (AvgIpc) is 3.39. The Balaban J connectivity index is 1.18. The first-order valence-electron chi connectivity index (χ1n) is 12.3. The summed E-state index contributed by atoms with van der Waals surface area (Å²) in [5, 5.41) is 2.35. The van der Waals surface area contributed by atoms with E-state index in [1.165, 1.54) is 0 Å². The number of alkyl halides is 1. The molecule has 2 aromatic carbocycles. The number of hydrogen-bond acceptors (Lipinski definition) is 5. The van der Waals surface area contributed by atoms with Crippen molar-refractivity contribution in [1.29, 1.82) is 0 Å². The van der Waals surface area contributed by atoms with E-state index in [0.717, 1.165) is 54.9 Å². The molecule has 2 aromatic rings. The van der Waals surface area contributed by atoms with Gasteiger partial charge in [0.15, 0.2) is 0 Å². The maximum absolute atomic E-state index is 13.1. The molecule has 4 heterocycles. The molecule has 8 heteroatoms. The molecule has 4 aliphatic rings. The van der Waals surface area contributed by atoms with Crippen LogP contribution in [-0.2, 0) is 34.8 Å². The second-order valence-corrected chi connectivity index (χ2v) is 10.2. The Morgan fingerprint density at radius 2 is 1.89 bits per heavy atom. The van der Waals surface area contributed by atoms with E-state index in [9.17, 15) is 18.8 Å². The van der Waals surface area contributed by atoms with E-state index in [2.05, 4.69) is 10.2 Å². The van der Waals surface area contributed by atoms with Gasteiger partial charge >= 0.3 is 0 Å². The second kappa shape index (κ2) is 8.45. The summed E-state index contributed by atoms with van der Waals surface area (Å²) in [4.78, 5) is 41.0. The van der Waals surface area contributed by atoms with E-state index in [1.807, 2.05) is 36.4 Å². The van der Waals surface area contributed by atoms with Crippen molar-refractivity contribution in [2.75, 3.05) is 19.7 Å². The number of piperidine rings is 2. The summed E-state index contributed by atoms with van der Waals surface area (Å²) < 4.78 is 19.3. The number of carbonyl (C=O) groups is 3. The van der Waals surface area contributed by atoms with E-state index in [1.54, 1.807) is 4.90 Å². The number of fused-ring (bicyclic) bond motifs is 4. The van der Waals surface area contributed by atoms with E-state index in [-0.39, 0.29) is 23.7 Å². The molecule has 35 heavy (non-hydrogen) atoms. The smallest absolute Gasteiger partial charge is 0.255 e. The first kappa shape index (κ1) is 22.2. The summed E-state index contributed by atoms with van der Waals surface area (Å²) in [7, 11) is 0. The molecular formula is C27H28FN3O4. The molecule has 2 fully saturated rings.